The van der Waals surface area contributed by atoms with Crippen molar-refractivity contribution in [3.8, 4) is 0 Å². The van der Waals surface area contributed by atoms with E-state index in [1.807, 2.05) is 0 Å². The van der Waals surface area contributed by atoms with E-state index in [0.717, 1.165) is 30.0 Å². The first-order chi connectivity index (χ1) is 17.6. The smallest absolute Gasteiger partial charge is 0.335 e. The first-order valence-electron chi connectivity index (χ1n) is 11.5. The van der Waals surface area contributed by atoms with Crippen molar-refractivity contribution in [1.29, 1.82) is 0 Å². The summed E-state index contributed by atoms with van der Waals surface area (Å²) in [5, 5.41) is 3.78. The summed E-state index contributed by atoms with van der Waals surface area (Å²) < 4.78 is 100.0. The van der Waals surface area contributed by atoms with Gasteiger partial charge in [0.25, 0.3) is 5.91 Å². The molecule has 0 radical (unpaired) electrons. The maximum atomic E-state index is 15.8. The topological polar surface area (TPSA) is 78.5 Å². The molecule has 2 aromatic rings. The van der Waals surface area contributed by atoms with Gasteiger partial charge in [0, 0.05) is 24.3 Å². The van der Waals surface area contributed by atoms with Gasteiger partial charge < -0.3 is 15.5 Å². The Morgan fingerprint density at radius 3 is 1.82 bits per heavy atom. The number of hydrogen-bond donors (Lipinski definition) is 2. The summed E-state index contributed by atoms with van der Waals surface area (Å²) in [6.45, 7) is 3.52. The lowest BCUT2D eigenvalue weighted by atomic mass is 9.72. The fraction of sp³-hybridized carbons (Fsp3) is 0.400. The molecule has 2 N–H and O–H groups in total. The number of halogens is 7. The van der Waals surface area contributed by atoms with E-state index in [-0.39, 0.29) is 24.3 Å². The Labute approximate surface area is 214 Å². The molecule has 2 aromatic carbocycles. The molecule has 1 unspecified atom stereocenters. The first-order valence-corrected chi connectivity index (χ1v) is 11.5. The number of amides is 3. The Morgan fingerprint density at radius 1 is 0.789 bits per heavy atom. The van der Waals surface area contributed by atoms with Gasteiger partial charge in [-0.25, -0.2) is 4.39 Å². The molecule has 0 fully saturated rings. The highest BCUT2D eigenvalue weighted by molar-refractivity contribution is 6.35. The number of nitrogens with one attached hydrogen (secondary N) is 2. The number of hydrogen-bond acceptors (Lipinski definition) is 3. The van der Waals surface area contributed by atoms with Crippen LogP contribution in [0.4, 0.5) is 36.4 Å². The van der Waals surface area contributed by atoms with Crippen LogP contribution in [0.5, 0.6) is 0 Å². The summed E-state index contributed by atoms with van der Waals surface area (Å²) in [4.78, 5) is 38.6. The number of rotatable bonds is 8. The van der Waals surface area contributed by atoms with Gasteiger partial charge in [-0.1, -0.05) is 37.3 Å². The maximum Gasteiger partial charge on any atom is 0.434 e. The Hall–Kier alpha value is -3.64. The number of benzene rings is 2. The van der Waals surface area contributed by atoms with Crippen molar-refractivity contribution in [3.05, 3.63) is 65.7 Å². The van der Waals surface area contributed by atoms with Crippen molar-refractivity contribution >= 4 is 23.4 Å². The molecule has 208 valence electrons. The molecule has 0 spiro atoms. The molecule has 0 aliphatic carbocycles. The van der Waals surface area contributed by atoms with Gasteiger partial charge in [0.1, 0.15) is 5.54 Å². The van der Waals surface area contributed by atoms with Crippen molar-refractivity contribution in [3.63, 3.8) is 0 Å². The zero-order valence-corrected chi connectivity index (χ0v) is 20.6. The second-order valence-corrected chi connectivity index (χ2v) is 8.25. The van der Waals surface area contributed by atoms with Crippen molar-refractivity contribution in [2.45, 2.75) is 50.8 Å². The minimum Gasteiger partial charge on any atom is -0.335 e. The van der Waals surface area contributed by atoms with Gasteiger partial charge in [-0.05, 0) is 50.1 Å². The lowest BCUT2D eigenvalue weighted by Crippen LogP contribution is -2.72. The predicted molar refractivity (Wildman–Crippen MR) is 125 cm³/mol. The molecule has 0 aliphatic rings. The third-order valence-electron chi connectivity index (χ3n) is 6.12. The second kappa shape index (κ2) is 11.4. The number of carbonyl (C=O) groups is 3. The molecule has 0 aromatic heterocycles. The summed E-state index contributed by atoms with van der Waals surface area (Å²) in [5.41, 5.74) is -11.0. The van der Waals surface area contributed by atoms with Crippen LogP contribution in [0, 0.1) is 0 Å². The Kier molecular flexibility index (Phi) is 9.17. The van der Waals surface area contributed by atoms with Crippen molar-refractivity contribution < 1.29 is 45.1 Å². The molecule has 0 saturated carbocycles. The fourth-order valence-electron chi connectivity index (χ4n) is 4.09. The van der Waals surface area contributed by atoms with Crippen LogP contribution in [0.15, 0.2) is 54.6 Å². The summed E-state index contributed by atoms with van der Waals surface area (Å²) in [5.74, 6) is -4.04. The van der Waals surface area contributed by atoms with Gasteiger partial charge in [0.15, 0.2) is 0 Å². The third kappa shape index (κ3) is 5.60. The van der Waals surface area contributed by atoms with Crippen molar-refractivity contribution in [2.75, 3.05) is 18.4 Å². The van der Waals surface area contributed by atoms with E-state index >= 15 is 4.39 Å². The van der Waals surface area contributed by atoms with Gasteiger partial charge in [0.05, 0.1) is 0 Å². The molecule has 0 bridgehead atoms. The van der Waals surface area contributed by atoms with Gasteiger partial charge >= 0.3 is 29.8 Å². The number of anilines is 1. The van der Waals surface area contributed by atoms with Crippen molar-refractivity contribution in [1.82, 2.24) is 10.2 Å². The zero-order chi connectivity index (χ0) is 28.9. The van der Waals surface area contributed by atoms with E-state index < -0.39 is 53.3 Å². The molecular formula is C25H26F7N3O3. The molecule has 2 rings (SSSR count). The number of alkyl halides is 7. The minimum atomic E-state index is -6.57. The Balaban J connectivity index is 2.74. The highest BCUT2D eigenvalue weighted by Crippen LogP contribution is 2.57. The third-order valence-corrected chi connectivity index (χ3v) is 6.12. The molecule has 0 saturated heterocycles. The standard InChI is InChI=1S/C25H26F7N3O3/c1-4-22(23(26,24(27,28)29)25(30,31)32,34-20(37)21(38)35(5-2)6-3)17-13-10-14-18(15-17)33-19(36)16-11-8-7-9-12-16/h7-15H,4-6H2,1-3H3,(H,33,36)(H,34,37). The summed E-state index contributed by atoms with van der Waals surface area (Å²) in [6.07, 6.45) is -14.4. The maximum absolute atomic E-state index is 15.8. The molecular weight excluding hydrogens is 523 g/mol. The summed E-state index contributed by atoms with van der Waals surface area (Å²) in [7, 11) is 0. The molecule has 0 heterocycles. The highest BCUT2D eigenvalue weighted by atomic mass is 19.4. The summed E-state index contributed by atoms with van der Waals surface area (Å²) >= 11 is 0. The first kappa shape index (κ1) is 30.6. The van der Waals surface area contributed by atoms with E-state index in [0.29, 0.717) is 6.07 Å². The van der Waals surface area contributed by atoms with E-state index in [2.05, 4.69) is 5.32 Å². The van der Waals surface area contributed by atoms with Crippen LogP contribution in [-0.4, -0.2) is 53.7 Å². The molecule has 1 atom stereocenters. The lowest BCUT2D eigenvalue weighted by Gasteiger charge is -2.47. The normalized spacial score (nSPS) is 13.8. The van der Waals surface area contributed by atoms with Crippen LogP contribution < -0.4 is 10.6 Å². The van der Waals surface area contributed by atoms with Gasteiger partial charge in [0.2, 0.25) is 0 Å². The Bertz CT molecular complexity index is 1130. The number of nitrogens with zero attached hydrogens (tertiary/aromatic N) is 1. The lowest BCUT2D eigenvalue weighted by molar-refractivity contribution is -0.366. The SMILES string of the molecule is CCN(CC)C(=O)C(=O)NC(CC)(c1cccc(NC(=O)c2ccccc2)c1)C(F)(C(F)(F)F)C(F)(F)F. The molecule has 0 aliphatic heterocycles. The van der Waals surface area contributed by atoms with Crippen LogP contribution >= 0.6 is 0 Å². The van der Waals surface area contributed by atoms with Crippen molar-refractivity contribution in [2.24, 2.45) is 0 Å². The zero-order valence-electron chi connectivity index (χ0n) is 20.6. The Morgan fingerprint density at radius 2 is 1.34 bits per heavy atom. The van der Waals surface area contributed by atoms with Crippen LogP contribution in [0.1, 0.15) is 43.1 Å². The van der Waals surface area contributed by atoms with Gasteiger partial charge in [-0.3, -0.25) is 14.4 Å². The van der Waals surface area contributed by atoms with Gasteiger partial charge in [-0.2, -0.15) is 26.3 Å². The van der Waals surface area contributed by atoms with E-state index in [1.54, 1.807) is 6.07 Å². The highest BCUT2D eigenvalue weighted by Gasteiger charge is 2.82. The van der Waals surface area contributed by atoms with Crippen LogP contribution in [0.2, 0.25) is 0 Å². The quantitative estimate of drug-likeness (QED) is 0.344. The molecule has 6 nitrogen and oxygen atoms in total. The van der Waals surface area contributed by atoms with E-state index in [4.69, 9.17) is 0 Å². The van der Waals surface area contributed by atoms with Gasteiger partial charge in [-0.15, -0.1) is 0 Å². The van der Waals surface area contributed by atoms with Crippen LogP contribution in [0.25, 0.3) is 0 Å². The van der Waals surface area contributed by atoms with E-state index in [9.17, 15) is 40.7 Å². The second-order valence-electron chi connectivity index (χ2n) is 8.25. The van der Waals surface area contributed by atoms with Crippen LogP contribution in [0.3, 0.4) is 0 Å². The summed E-state index contributed by atoms with van der Waals surface area (Å²) in [6, 6.07) is 11.1. The molecule has 3 amide bonds. The molecule has 38 heavy (non-hydrogen) atoms. The largest absolute Gasteiger partial charge is 0.434 e. The average molecular weight is 549 g/mol. The fourth-order valence-corrected chi connectivity index (χ4v) is 4.09. The number of carbonyl (C=O) groups excluding carboxylic acids is 3. The van der Waals surface area contributed by atoms with E-state index in [1.165, 1.54) is 43.4 Å². The monoisotopic (exact) mass is 549 g/mol. The number of likely N-dealkylation sites (N-methyl/N-ethyl adjacent to an activating group) is 1. The average Bonchev–Trinajstić information content (AvgIpc) is 2.86. The predicted octanol–water partition coefficient (Wildman–Crippen LogP) is 5.36. The molecule has 13 heteroatoms. The van der Waals surface area contributed by atoms with Crippen LogP contribution in [-0.2, 0) is 15.1 Å². The minimum absolute atomic E-state index is 0.0812.